The number of amides is 1. The first-order valence-corrected chi connectivity index (χ1v) is 8.86. The van der Waals surface area contributed by atoms with Gasteiger partial charge in [0.05, 0.1) is 11.3 Å². The van der Waals surface area contributed by atoms with Crippen molar-refractivity contribution in [2.75, 3.05) is 6.54 Å². The summed E-state index contributed by atoms with van der Waals surface area (Å²) < 4.78 is 1.82. The summed E-state index contributed by atoms with van der Waals surface area (Å²) in [5.41, 5.74) is 1.11. The standard InChI is InChI=1S/C15H18ClN5OS/c1-10(23-15-18-19-20-21(15)13-5-6-13)14(22)17-8-7-11-3-2-4-12(16)9-11/h2-4,9-10,13H,5-8H2,1H3,(H,17,22). The Balaban J connectivity index is 1.46. The summed E-state index contributed by atoms with van der Waals surface area (Å²) in [6.07, 6.45) is 2.97. The Hall–Kier alpha value is -1.60. The minimum Gasteiger partial charge on any atom is -0.355 e. The van der Waals surface area contributed by atoms with Crippen molar-refractivity contribution >= 4 is 29.3 Å². The van der Waals surface area contributed by atoms with Crippen molar-refractivity contribution < 1.29 is 4.79 Å². The maximum absolute atomic E-state index is 12.2. The second kappa shape index (κ2) is 7.31. The summed E-state index contributed by atoms with van der Waals surface area (Å²) in [5, 5.41) is 15.8. The van der Waals surface area contributed by atoms with Gasteiger partial charge in [-0.2, -0.15) is 0 Å². The van der Waals surface area contributed by atoms with Crippen molar-refractivity contribution in [2.24, 2.45) is 0 Å². The monoisotopic (exact) mass is 351 g/mol. The van der Waals surface area contributed by atoms with Crippen LogP contribution in [0.5, 0.6) is 0 Å². The topological polar surface area (TPSA) is 72.7 Å². The molecule has 1 aliphatic carbocycles. The van der Waals surface area contributed by atoms with Crippen molar-refractivity contribution in [3.05, 3.63) is 34.9 Å². The summed E-state index contributed by atoms with van der Waals surface area (Å²) in [5.74, 6) is -0.0117. The lowest BCUT2D eigenvalue weighted by molar-refractivity contribution is -0.120. The molecule has 6 nitrogen and oxygen atoms in total. The van der Waals surface area contributed by atoms with Gasteiger partial charge in [-0.3, -0.25) is 4.79 Å². The number of benzene rings is 1. The summed E-state index contributed by atoms with van der Waals surface area (Å²) in [6, 6.07) is 8.07. The van der Waals surface area contributed by atoms with Gasteiger partial charge in [0, 0.05) is 11.6 Å². The molecule has 1 atom stereocenters. The maximum atomic E-state index is 12.2. The first-order chi connectivity index (χ1) is 11.1. The Morgan fingerprint density at radius 3 is 3.09 bits per heavy atom. The molecule has 1 aliphatic rings. The Kier molecular flexibility index (Phi) is 5.17. The smallest absolute Gasteiger partial charge is 0.233 e. The van der Waals surface area contributed by atoms with Crippen molar-refractivity contribution in [2.45, 2.75) is 42.6 Å². The fourth-order valence-electron chi connectivity index (χ4n) is 2.19. The number of nitrogens with zero attached hydrogens (tertiary/aromatic N) is 4. The summed E-state index contributed by atoms with van der Waals surface area (Å²) in [4.78, 5) is 12.2. The van der Waals surface area contributed by atoms with Gasteiger partial charge in [0.1, 0.15) is 0 Å². The first kappa shape index (κ1) is 16.3. The number of thioether (sulfide) groups is 1. The van der Waals surface area contributed by atoms with Gasteiger partial charge in [-0.15, -0.1) is 5.10 Å². The Morgan fingerprint density at radius 2 is 2.35 bits per heavy atom. The molecule has 0 bridgehead atoms. The molecule has 1 heterocycles. The third kappa shape index (κ3) is 4.45. The van der Waals surface area contributed by atoms with Crippen LogP contribution in [-0.2, 0) is 11.2 Å². The van der Waals surface area contributed by atoms with E-state index in [-0.39, 0.29) is 11.2 Å². The molecule has 1 N–H and O–H groups in total. The lowest BCUT2D eigenvalue weighted by Crippen LogP contribution is -2.32. The highest BCUT2D eigenvalue weighted by atomic mass is 35.5. The molecule has 1 aromatic carbocycles. The number of carbonyl (C=O) groups excluding carboxylic acids is 1. The number of rotatable bonds is 7. The van der Waals surface area contributed by atoms with E-state index in [2.05, 4.69) is 20.8 Å². The van der Waals surface area contributed by atoms with Crippen LogP contribution in [0.1, 0.15) is 31.4 Å². The molecule has 0 radical (unpaired) electrons. The molecule has 1 saturated carbocycles. The molecule has 3 rings (SSSR count). The van der Waals surface area contributed by atoms with Crippen LogP contribution in [-0.4, -0.2) is 37.9 Å². The molecule has 23 heavy (non-hydrogen) atoms. The van der Waals surface area contributed by atoms with Crippen LogP contribution in [0.2, 0.25) is 5.02 Å². The zero-order chi connectivity index (χ0) is 16.2. The number of halogens is 1. The number of tetrazole rings is 1. The second-order valence-corrected chi connectivity index (χ2v) is 7.31. The van der Waals surface area contributed by atoms with Crippen molar-refractivity contribution in [3.8, 4) is 0 Å². The van der Waals surface area contributed by atoms with Crippen molar-refractivity contribution in [1.82, 2.24) is 25.5 Å². The minimum atomic E-state index is -0.238. The second-order valence-electron chi connectivity index (χ2n) is 5.57. The van der Waals surface area contributed by atoms with E-state index in [1.807, 2.05) is 35.9 Å². The molecule has 0 aliphatic heterocycles. The predicted molar refractivity (Wildman–Crippen MR) is 89.6 cm³/mol. The molecule has 1 unspecified atom stereocenters. The fraction of sp³-hybridized carbons (Fsp3) is 0.467. The molecule has 1 fully saturated rings. The third-order valence-electron chi connectivity index (χ3n) is 3.61. The van der Waals surface area contributed by atoms with Crippen LogP contribution in [0.3, 0.4) is 0 Å². The molecular weight excluding hydrogens is 334 g/mol. The van der Waals surface area contributed by atoms with E-state index in [9.17, 15) is 4.79 Å². The molecule has 1 aromatic heterocycles. The summed E-state index contributed by atoms with van der Waals surface area (Å²) in [6.45, 7) is 2.45. The van der Waals surface area contributed by atoms with Gasteiger partial charge in [0.25, 0.3) is 0 Å². The van der Waals surface area contributed by atoms with E-state index in [4.69, 9.17) is 11.6 Å². The number of hydrogen-bond donors (Lipinski definition) is 1. The van der Waals surface area contributed by atoms with Crippen LogP contribution >= 0.6 is 23.4 Å². The van der Waals surface area contributed by atoms with Gasteiger partial charge in [-0.05, 0) is 54.3 Å². The van der Waals surface area contributed by atoms with Crippen molar-refractivity contribution in [1.29, 1.82) is 0 Å². The normalized spacial score (nSPS) is 15.4. The number of aromatic nitrogens is 4. The molecule has 122 valence electrons. The van der Waals surface area contributed by atoms with Crippen LogP contribution < -0.4 is 5.32 Å². The highest BCUT2D eigenvalue weighted by molar-refractivity contribution is 8.00. The quantitative estimate of drug-likeness (QED) is 0.776. The summed E-state index contributed by atoms with van der Waals surface area (Å²) in [7, 11) is 0. The first-order valence-electron chi connectivity index (χ1n) is 7.60. The average Bonchev–Trinajstić information content (AvgIpc) is 3.27. The van der Waals surface area contributed by atoms with Crippen LogP contribution in [0.15, 0.2) is 29.4 Å². The van der Waals surface area contributed by atoms with E-state index in [0.29, 0.717) is 22.8 Å². The number of nitrogens with one attached hydrogen (secondary N) is 1. The van der Waals surface area contributed by atoms with E-state index in [0.717, 1.165) is 24.8 Å². The Morgan fingerprint density at radius 1 is 1.52 bits per heavy atom. The Labute approximate surface area is 144 Å². The van der Waals surface area contributed by atoms with Crippen LogP contribution in [0.25, 0.3) is 0 Å². The van der Waals surface area contributed by atoms with Gasteiger partial charge in [-0.1, -0.05) is 35.5 Å². The predicted octanol–water partition coefficient (Wildman–Crippen LogP) is 2.50. The Bertz CT molecular complexity index is 688. The van der Waals surface area contributed by atoms with Gasteiger partial charge >= 0.3 is 0 Å². The van der Waals surface area contributed by atoms with E-state index in [1.165, 1.54) is 11.8 Å². The van der Waals surface area contributed by atoms with Crippen molar-refractivity contribution in [3.63, 3.8) is 0 Å². The number of hydrogen-bond acceptors (Lipinski definition) is 5. The number of carbonyl (C=O) groups is 1. The molecule has 8 heteroatoms. The minimum absolute atomic E-state index is 0.0117. The van der Waals surface area contributed by atoms with Gasteiger partial charge < -0.3 is 5.32 Å². The van der Waals surface area contributed by atoms with Gasteiger partial charge in [0.2, 0.25) is 11.1 Å². The molecule has 2 aromatic rings. The highest BCUT2D eigenvalue weighted by Gasteiger charge is 2.29. The SMILES string of the molecule is CC(Sc1nnnn1C1CC1)C(=O)NCCc1cccc(Cl)c1. The molecule has 0 saturated heterocycles. The maximum Gasteiger partial charge on any atom is 0.233 e. The molecule has 0 spiro atoms. The van der Waals surface area contributed by atoms with Crippen LogP contribution in [0.4, 0.5) is 0 Å². The zero-order valence-corrected chi connectivity index (χ0v) is 14.3. The lowest BCUT2D eigenvalue weighted by Gasteiger charge is -2.11. The van der Waals surface area contributed by atoms with Crippen LogP contribution in [0, 0.1) is 0 Å². The zero-order valence-electron chi connectivity index (χ0n) is 12.8. The fourth-order valence-corrected chi connectivity index (χ4v) is 3.29. The molecular formula is C15H18ClN5OS. The lowest BCUT2D eigenvalue weighted by atomic mass is 10.1. The van der Waals surface area contributed by atoms with Gasteiger partial charge in [0.15, 0.2) is 0 Å². The summed E-state index contributed by atoms with van der Waals surface area (Å²) >= 11 is 7.35. The van der Waals surface area contributed by atoms with E-state index in [1.54, 1.807) is 0 Å². The van der Waals surface area contributed by atoms with E-state index < -0.39 is 0 Å². The highest BCUT2D eigenvalue weighted by Crippen LogP contribution is 2.37. The third-order valence-corrected chi connectivity index (χ3v) is 4.89. The van der Waals surface area contributed by atoms with Gasteiger partial charge in [-0.25, -0.2) is 4.68 Å². The largest absolute Gasteiger partial charge is 0.355 e. The molecule has 1 amide bonds. The van der Waals surface area contributed by atoms with E-state index >= 15 is 0 Å². The average molecular weight is 352 g/mol.